The SMILES string of the molecule is COc1ccc(-n2c(C)nc3c(NCCN4CCOCC4)nc(C#N)nc32)cc1OC. The standard InChI is InChI=1S/C21H25N7O3/c1-14-24-19-20(23-6-7-27-8-10-31-11-9-27)25-18(13-22)26-21(19)28(14)15-4-5-16(29-2)17(12-15)30-3/h4-5,12H,6-11H2,1-3H3,(H,23,25,26). The summed E-state index contributed by atoms with van der Waals surface area (Å²) in [6.07, 6.45) is 0. The molecule has 1 aromatic carbocycles. The van der Waals surface area contributed by atoms with E-state index in [0.717, 1.165) is 44.4 Å². The van der Waals surface area contributed by atoms with Gasteiger partial charge >= 0.3 is 0 Å². The highest BCUT2D eigenvalue weighted by Crippen LogP contribution is 2.31. The Balaban J connectivity index is 1.69. The molecule has 0 unspecified atom stereocenters. The van der Waals surface area contributed by atoms with E-state index in [9.17, 15) is 5.26 Å². The smallest absolute Gasteiger partial charge is 0.236 e. The van der Waals surface area contributed by atoms with Crippen molar-refractivity contribution in [1.29, 1.82) is 5.26 Å². The van der Waals surface area contributed by atoms with Gasteiger partial charge in [0.25, 0.3) is 0 Å². The molecule has 4 rings (SSSR count). The average molecular weight is 423 g/mol. The van der Waals surface area contributed by atoms with Crippen LogP contribution in [0.3, 0.4) is 0 Å². The van der Waals surface area contributed by atoms with Crippen LogP contribution in [-0.2, 0) is 4.74 Å². The van der Waals surface area contributed by atoms with E-state index < -0.39 is 0 Å². The molecule has 1 aliphatic rings. The molecular formula is C21H25N7O3. The Bertz CT molecular complexity index is 1120. The summed E-state index contributed by atoms with van der Waals surface area (Å²) in [6, 6.07) is 7.63. The highest BCUT2D eigenvalue weighted by molar-refractivity contribution is 5.85. The maximum absolute atomic E-state index is 9.48. The maximum atomic E-state index is 9.48. The van der Waals surface area contributed by atoms with Crippen molar-refractivity contribution in [2.24, 2.45) is 0 Å². The van der Waals surface area contributed by atoms with Crippen molar-refractivity contribution < 1.29 is 14.2 Å². The summed E-state index contributed by atoms with van der Waals surface area (Å²) in [4.78, 5) is 15.8. The summed E-state index contributed by atoms with van der Waals surface area (Å²) in [5.74, 6) is 2.59. The number of fused-ring (bicyclic) bond motifs is 1. The molecule has 0 saturated carbocycles. The van der Waals surface area contributed by atoms with Gasteiger partial charge in [0.05, 0.1) is 33.1 Å². The molecule has 3 heterocycles. The molecule has 0 amide bonds. The van der Waals surface area contributed by atoms with Crippen LogP contribution in [0, 0.1) is 18.3 Å². The first-order valence-corrected chi connectivity index (χ1v) is 10.1. The van der Waals surface area contributed by atoms with Gasteiger partial charge in [-0.25, -0.2) is 4.98 Å². The van der Waals surface area contributed by atoms with Crippen molar-refractivity contribution in [3.8, 4) is 23.3 Å². The lowest BCUT2D eigenvalue weighted by Gasteiger charge is -2.26. The molecule has 31 heavy (non-hydrogen) atoms. The fourth-order valence-electron chi connectivity index (χ4n) is 3.67. The second-order valence-corrected chi connectivity index (χ2v) is 7.09. The number of nitriles is 1. The Hall–Kier alpha value is -3.42. The molecule has 2 aromatic heterocycles. The van der Waals surface area contributed by atoms with Crippen LogP contribution in [0.2, 0.25) is 0 Å². The Kier molecular flexibility index (Phi) is 6.16. The van der Waals surface area contributed by atoms with Crippen molar-refractivity contribution in [2.45, 2.75) is 6.92 Å². The number of imidazole rings is 1. The molecule has 0 aliphatic carbocycles. The number of aromatic nitrogens is 4. The summed E-state index contributed by atoms with van der Waals surface area (Å²) in [5.41, 5.74) is 1.98. The molecule has 10 heteroatoms. The van der Waals surface area contributed by atoms with Gasteiger partial charge in [-0.2, -0.15) is 15.2 Å². The molecule has 1 saturated heterocycles. The third kappa shape index (κ3) is 4.23. The number of benzene rings is 1. The highest BCUT2D eigenvalue weighted by atomic mass is 16.5. The number of hydrogen-bond acceptors (Lipinski definition) is 9. The molecule has 3 aromatic rings. The first-order valence-electron chi connectivity index (χ1n) is 10.1. The first-order chi connectivity index (χ1) is 15.1. The first kappa shape index (κ1) is 20.8. The minimum absolute atomic E-state index is 0.0861. The van der Waals surface area contributed by atoms with Crippen LogP contribution < -0.4 is 14.8 Å². The van der Waals surface area contributed by atoms with Crippen LogP contribution in [0.25, 0.3) is 16.9 Å². The van der Waals surface area contributed by atoms with Gasteiger partial charge in [-0.05, 0) is 19.1 Å². The summed E-state index contributed by atoms with van der Waals surface area (Å²) >= 11 is 0. The van der Waals surface area contributed by atoms with E-state index in [-0.39, 0.29) is 5.82 Å². The fourth-order valence-corrected chi connectivity index (χ4v) is 3.67. The zero-order valence-corrected chi connectivity index (χ0v) is 17.9. The molecule has 162 valence electrons. The van der Waals surface area contributed by atoms with E-state index in [1.54, 1.807) is 14.2 Å². The maximum Gasteiger partial charge on any atom is 0.236 e. The highest BCUT2D eigenvalue weighted by Gasteiger charge is 2.19. The molecule has 0 atom stereocenters. The summed E-state index contributed by atoms with van der Waals surface area (Å²) in [6.45, 7) is 6.76. The van der Waals surface area contributed by atoms with Gasteiger partial charge in [0, 0.05) is 32.2 Å². The van der Waals surface area contributed by atoms with Gasteiger partial charge in [-0.1, -0.05) is 0 Å². The number of methoxy groups -OCH3 is 2. The van der Waals surface area contributed by atoms with Crippen molar-refractivity contribution in [1.82, 2.24) is 24.4 Å². The Labute approximate surface area is 180 Å². The molecule has 0 spiro atoms. The summed E-state index contributed by atoms with van der Waals surface area (Å²) in [7, 11) is 3.18. The molecular weight excluding hydrogens is 398 g/mol. The summed E-state index contributed by atoms with van der Waals surface area (Å²) < 4.78 is 18.0. The molecule has 0 bridgehead atoms. The molecule has 1 fully saturated rings. The van der Waals surface area contributed by atoms with Gasteiger partial charge in [0.2, 0.25) is 5.82 Å². The predicted molar refractivity (Wildman–Crippen MR) is 115 cm³/mol. The number of aryl methyl sites for hydroxylation is 1. The molecule has 0 radical (unpaired) electrons. The van der Waals surface area contributed by atoms with Gasteiger partial charge in [0.15, 0.2) is 28.5 Å². The zero-order chi connectivity index (χ0) is 21.8. The van der Waals surface area contributed by atoms with Crippen LogP contribution >= 0.6 is 0 Å². The Morgan fingerprint density at radius 2 is 1.90 bits per heavy atom. The second kappa shape index (κ2) is 9.16. The number of anilines is 1. The van der Waals surface area contributed by atoms with E-state index in [1.165, 1.54) is 0 Å². The monoisotopic (exact) mass is 423 g/mol. The number of hydrogen-bond donors (Lipinski definition) is 1. The Morgan fingerprint density at radius 1 is 1.13 bits per heavy atom. The number of rotatable bonds is 7. The number of morpholine rings is 1. The number of nitrogens with zero attached hydrogens (tertiary/aromatic N) is 6. The predicted octanol–water partition coefficient (Wildman–Crippen LogP) is 1.76. The van der Waals surface area contributed by atoms with E-state index in [0.29, 0.717) is 35.0 Å². The van der Waals surface area contributed by atoms with Crippen molar-refractivity contribution in [3.05, 3.63) is 29.8 Å². The van der Waals surface area contributed by atoms with Crippen molar-refractivity contribution >= 4 is 17.0 Å². The van der Waals surface area contributed by atoms with E-state index in [4.69, 9.17) is 14.2 Å². The largest absolute Gasteiger partial charge is 0.493 e. The van der Waals surface area contributed by atoms with Crippen LogP contribution in [0.1, 0.15) is 11.6 Å². The van der Waals surface area contributed by atoms with E-state index in [2.05, 4.69) is 31.2 Å². The van der Waals surface area contributed by atoms with Gasteiger partial charge in [-0.15, -0.1) is 0 Å². The average Bonchev–Trinajstić information content (AvgIpc) is 3.15. The van der Waals surface area contributed by atoms with E-state index in [1.807, 2.05) is 29.7 Å². The van der Waals surface area contributed by atoms with Crippen molar-refractivity contribution in [3.63, 3.8) is 0 Å². The second-order valence-electron chi connectivity index (χ2n) is 7.09. The minimum atomic E-state index is 0.0861. The minimum Gasteiger partial charge on any atom is -0.493 e. The Morgan fingerprint density at radius 3 is 2.61 bits per heavy atom. The zero-order valence-electron chi connectivity index (χ0n) is 17.9. The van der Waals surface area contributed by atoms with E-state index >= 15 is 0 Å². The number of nitrogens with one attached hydrogen (secondary N) is 1. The van der Waals surface area contributed by atoms with Crippen molar-refractivity contribution in [2.75, 3.05) is 58.9 Å². The molecule has 10 nitrogen and oxygen atoms in total. The van der Waals surface area contributed by atoms with Gasteiger partial charge in [0.1, 0.15) is 11.9 Å². The number of ether oxygens (including phenoxy) is 3. The van der Waals surface area contributed by atoms with Crippen LogP contribution in [-0.4, -0.2) is 78.0 Å². The summed E-state index contributed by atoms with van der Waals surface area (Å²) in [5, 5.41) is 12.8. The fraction of sp³-hybridized carbons (Fsp3) is 0.429. The van der Waals surface area contributed by atoms with Gasteiger partial charge in [-0.3, -0.25) is 9.47 Å². The van der Waals surface area contributed by atoms with Crippen LogP contribution in [0.15, 0.2) is 18.2 Å². The quantitative estimate of drug-likeness (QED) is 0.608. The third-order valence-corrected chi connectivity index (χ3v) is 5.22. The third-order valence-electron chi connectivity index (χ3n) is 5.22. The van der Waals surface area contributed by atoms with Gasteiger partial charge < -0.3 is 19.5 Å². The topological polar surface area (TPSA) is 110 Å². The lowest BCUT2D eigenvalue weighted by atomic mass is 10.2. The van der Waals surface area contributed by atoms with Crippen LogP contribution in [0.5, 0.6) is 11.5 Å². The van der Waals surface area contributed by atoms with Crippen LogP contribution in [0.4, 0.5) is 5.82 Å². The molecule has 1 N–H and O–H groups in total. The normalized spacial score (nSPS) is 14.4. The molecule has 1 aliphatic heterocycles. The lowest BCUT2D eigenvalue weighted by Crippen LogP contribution is -2.39. The lowest BCUT2D eigenvalue weighted by molar-refractivity contribution is 0.0398.